The van der Waals surface area contributed by atoms with E-state index in [4.69, 9.17) is 9.47 Å². The molecule has 0 heterocycles. The fourth-order valence-electron chi connectivity index (χ4n) is 2.90. The van der Waals surface area contributed by atoms with Gasteiger partial charge in [0.15, 0.2) is 17.5 Å². The van der Waals surface area contributed by atoms with Gasteiger partial charge in [-0.3, -0.25) is 4.79 Å². The van der Waals surface area contributed by atoms with Crippen LogP contribution in [0.4, 0.5) is 0 Å². The van der Waals surface area contributed by atoms with Gasteiger partial charge in [0, 0.05) is 25.2 Å². The van der Waals surface area contributed by atoms with Gasteiger partial charge in [0.1, 0.15) is 0 Å². The smallest absolute Gasteiger partial charge is 0.251 e. The highest BCUT2D eigenvalue weighted by atomic mass is 127. The van der Waals surface area contributed by atoms with E-state index in [1.54, 1.807) is 14.2 Å². The van der Waals surface area contributed by atoms with Crippen molar-refractivity contribution in [2.24, 2.45) is 4.99 Å². The van der Waals surface area contributed by atoms with Crippen LogP contribution in [-0.4, -0.2) is 45.7 Å². The first-order valence-corrected chi connectivity index (χ1v) is 10.2. The van der Waals surface area contributed by atoms with Gasteiger partial charge in [-0.25, -0.2) is 4.99 Å². The summed E-state index contributed by atoms with van der Waals surface area (Å²) in [4.78, 5) is 16.5. The number of nitrogens with zero attached hydrogens (tertiary/aromatic N) is 1. The number of ether oxygens (including phenoxy) is 2. The number of benzene rings is 2. The lowest BCUT2D eigenvalue weighted by Crippen LogP contribution is -2.38. The van der Waals surface area contributed by atoms with E-state index in [0.717, 1.165) is 48.1 Å². The molecule has 0 bridgehead atoms. The molecule has 0 aliphatic heterocycles. The molecule has 0 saturated heterocycles. The fourth-order valence-corrected chi connectivity index (χ4v) is 2.90. The zero-order valence-corrected chi connectivity index (χ0v) is 21.0. The SMILES string of the molecule is CCNC(=O)c1ccc(CN=C(NCC)NCCc2ccc(OC)c(OC)c2)cc1.I. The Bertz CT molecular complexity index is 841. The molecule has 0 spiro atoms. The Morgan fingerprint density at radius 2 is 1.52 bits per heavy atom. The highest BCUT2D eigenvalue weighted by Gasteiger charge is 2.06. The van der Waals surface area contributed by atoms with E-state index in [9.17, 15) is 4.79 Å². The lowest BCUT2D eigenvalue weighted by Gasteiger charge is -2.13. The Morgan fingerprint density at radius 1 is 0.871 bits per heavy atom. The van der Waals surface area contributed by atoms with Gasteiger partial charge in [0.2, 0.25) is 0 Å². The summed E-state index contributed by atoms with van der Waals surface area (Å²) in [6.45, 7) is 6.59. The van der Waals surface area contributed by atoms with Crippen molar-refractivity contribution < 1.29 is 14.3 Å². The molecule has 7 nitrogen and oxygen atoms in total. The average molecular weight is 540 g/mol. The number of hydrogen-bond donors (Lipinski definition) is 3. The lowest BCUT2D eigenvalue weighted by atomic mass is 10.1. The fraction of sp³-hybridized carbons (Fsp3) is 0.391. The summed E-state index contributed by atoms with van der Waals surface area (Å²) in [6, 6.07) is 13.4. The van der Waals surface area contributed by atoms with Gasteiger partial charge >= 0.3 is 0 Å². The molecule has 2 aromatic rings. The molecule has 0 atom stereocenters. The first-order valence-electron chi connectivity index (χ1n) is 10.2. The van der Waals surface area contributed by atoms with Crippen molar-refractivity contribution in [1.82, 2.24) is 16.0 Å². The van der Waals surface area contributed by atoms with Crippen molar-refractivity contribution in [3.05, 3.63) is 59.2 Å². The van der Waals surface area contributed by atoms with Crippen molar-refractivity contribution in [1.29, 1.82) is 0 Å². The van der Waals surface area contributed by atoms with Crippen LogP contribution in [-0.2, 0) is 13.0 Å². The second-order valence-electron chi connectivity index (χ2n) is 6.62. The maximum absolute atomic E-state index is 11.8. The standard InChI is InChI=1S/C23H32N4O3.HI/c1-5-24-22(28)19-10-7-18(8-11-19)16-27-23(25-6-2)26-14-13-17-9-12-20(29-3)21(15-17)30-4;/h7-12,15H,5-6,13-14,16H2,1-4H3,(H,24,28)(H2,25,26,27);1H. The van der Waals surface area contributed by atoms with Gasteiger partial charge in [-0.2, -0.15) is 0 Å². The summed E-state index contributed by atoms with van der Waals surface area (Å²) < 4.78 is 10.6. The van der Waals surface area contributed by atoms with Gasteiger partial charge < -0.3 is 25.4 Å². The first kappa shape index (κ1) is 26.5. The lowest BCUT2D eigenvalue weighted by molar-refractivity contribution is 0.0956. The summed E-state index contributed by atoms with van der Waals surface area (Å²) in [5.74, 6) is 2.15. The number of hydrogen-bond acceptors (Lipinski definition) is 4. The first-order chi connectivity index (χ1) is 14.6. The van der Waals surface area contributed by atoms with Gasteiger partial charge in [-0.05, 0) is 55.7 Å². The molecule has 0 fully saturated rings. The molecular formula is C23H33IN4O3. The van der Waals surface area contributed by atoms with E-state index in [2.05, 4.69) is 20.9 Å². The summed E-state index contributed by atoms with van der Waals surface area (Å²) in [5, 5.41) is 9.41. The number of nitrogens with one attached hydrogen (secondary N) is 3. The Morgan fingerprint density at radius 3 is 2.13 bits per heavy atom. The molecule has 0 aliphatic carbocycles. The number of guanidine groups is 1. The number of amides is 1. The van der Waals surface area contributed by atoms with Crippen LogP contribution in [0.1, 0.15) is 35.3 Å². The molecule has 0 radical (unpaired) electrons. The number of methoxy groups -OCH3 is 2. The zero-order chi connectivity index (χ0) is 21.8. The van der Waals surface area contributed by atoms with Crippen molar-refractivity contribution in [3.8, 4) is 11.5 Å². The van der Waals surface area contributed by atoms with Crippen LogP contribution in [0.15, 0.2) is 47.5 Å². The Labute approximate surface area is 202 Å². The zero-order valence-electron chi connectivity index (χ0n) is 18.7. The van der Waals surface area contributed by atoms with Gasteiger partial charge in [0.05, 0.1) is 20.8 Å². The van der Waals surface area contributed by atoms with Crippen molar-refractivity contribution in [2.45, 2.75) is 26.8 Å². The Balaban J connectivity index is 0.00000480. The van der Waals surface area contributed by atoms with Crippen LogP contribution in [0.5, 0.6) is 11.5 Å². The van der Waals surface area contributed by atoms with Crippen molar-refractivity contribution >= 4 is 35.8 Å². The largest absolute Gasteiger partial charge is 0.493 e. The summed E-state index contributed by atoms with van der Waals surface area (Å²) in [5.41, 5.74) is 2.85. The molecular weight excluding hydrogens is 507 g/mol. The average Bonchev–Trinajstić information content (AvgIpc) is 2.77. The topological polar surface area (TPSA) is 84.0 Å². The second kappa shape index (κ2) is 14.5. The number of carbonyl (C=O) groups is 1. The van der Waals surface area contributed by atoms with Crippen LogP contribution in [0, 0.1) is 0 Å². The minimum absolute atomic E-state index is 0. The Hall–Kier alpha value is -2.49. The third-order valence-electron chi connectivity index (χ3n) is 4.47. The number of carbonyl (C=O) groups excluding carboxylic acids is 1. The molecule has 31 heavy (non-hydrogen) atoms. The van der Waals surface area contributed by atoms with Crippen molar-refractivity contribution in [3.63, 3.8) is 0 Å². The van der Waals surface area contributed by atoms with Crippen LogP contribution in [0.3, 0.4) is 0 Å². The van der Waals surface area contributed by atoms with Crippen LogP contribution in [0.2, 0.25) is 0 Å². The summed E-state index contributed by atoms with van der Waals surface area (Å²) >= 11 is 0. The van der Waals surface area contributed by atoms with E-state index in [1.807, 2.05) is 56.3 Å². The van der Waals surface area contributed by atoms with Gasteiger partial charge in [-0.15, -0.1) is 24.0 Å². The molecule has 170 valence electrons. The van der Waals surface area contributed by atoms with E-state index < -0.39 is 0 Å². The number of halogens is 1. The van der Waals surface area contributed by atoms with Crippen LogP contribution in [0.25, 0.3) is 0 Å². The highest BCUT2D eigenvalue weighted by molar-refractivity contribution is 14.0. The monoisotopic (exact) mass is 540 g/mol. The quantitative estimate of drug-likeness (QED) is 0.245. The highest BCUT2D eigenvalue weighted by Crippen LogP contribution is 2.27. The minimum Gasteiger partial charge on any atom is -0.493 e. The van der Waals surface area contributed by atoms with Crippen LogP contribution >= 0.6 is 24.0 Å². The van der Waals surface area contributed by atoms with E-state index >= 15 is 0 Å². The minimum atomic E-state index is -0.0577. The predicted molar refractivity (Wildman–Crippen MR) is 136 cm³/mol. The van der Waals surface area contributed by atoms with E-state index in [0.29, 0.717) is 18.7 Å². The summed E-state index contributed by atoms with van der Waals surface area (Å²) in [7, 11) is 3.27. The molecule has 2 aromatic carbocycles. The van der Waals surface area contributed by atoms with Crippen LogP contribution < -0.4 is 25.4 Å². The number of rotatable bonds is 10. The van der Waals surface area contributed by atoms with Gasteiger partial charge in [-0.1, -0.05) is 18.2 Å². The van der Waals surface area contributed by atoms with Gasteiger partial charge in [0.25, 0.3) is 5.91 Å². The molecule has 0 aromatic heterocycles. The maximum Gasteiger partial charge on any atom is 0.251 e. The molecule has 1 amide bonds. The van der Waals surface area contributed by atoms with Crippen molar-refractivity contribution in [2.75, 3.05) is 33.9 Å². The third kappa shape index (κ3) is 8.64. The summed E-state index contributed by atoms with van der Waals surface area (Å²) in [6.07, 6.45) is 0.825. The molecule has 8 heteroatoms. The Kier molecular flexibility index (Phi) is 12.4. The number of aliphatic imine (C=N–C) groups is 1. The van der Waals surface area contributed by atoms with E-state index in [1.165, 1.54) is 0 Å². The second-order valence-corrected chi connectivity index (χ2v) is 6.62. The normalized spacial score (nSPS) is 10.6. The maximum atomic E-state index is 11.8. The predicted octanol–water partition coefficient (Wildman–Crippen LogP) is 3.37. The van der Waals surface area contributed by atoms with E-state index in [-0.39, 0.29) is 29.9 Å². The molecule has 3 N–H and O–H groups in total. The molecule has 0 saturated carbocycles. The molecule has 0 unspecified atom stereocenters. The molecule has 0 aliphatic rings. The molecule has 2 rings (SSSR count). The third-order valence-corrected chi connectivity index (χ3v) is 4.47.